The van der Waals surface area contributed by atoms with Crippen LogP contribution in [-0.4, -0.2) is 43.2 Å². The van der Waals surface area contributed by atoms with E-state index in [-0.39, 0.29) is 28.6 Å². The van der Waals surface area contributed by atoms with Crippen molar-refractivity contribution in [2.45, 2.75) is 6.92 Å². The number of hydrogen-bond acceptors (Lipinski definition) is 9. The standard InChI is InChI=1S/C24H23N3O6S2/c1-3-32-24(31)18-13-20(26-21(29)15-8-5-4-6-9-15)35-22(18)25-19(28)14-33-23(30)16-10-7-11-17(12-16)27-34-2/h4-13,27H,3,14H2,1-2H3,(H,25,28)(H,26,29). The number of carbonyl (C=O) groups excluding carboxylic acids is 4. The summed E-state index contributed by atoms with van der Waals surface area (Å²) in [7, 11) is 0. The Bertz CT molecular complexity index is 1210. The summed E-state index contributed by atoms with van der Waals surface area (Å²) in [6.45, 7) is 1.23. The van der Waals surface area contributed by atoms with E-state index in [2.05, 4.69) is 15.4 Å². The van der Waals surface area contributed by atoms with Gasteiger partial charge in [0.2, 0.25) is 0 Å². The van der Waals surface area contributed by atoms with E-state index in [1.165, 1.54) is 18.0 Å². The van der Waals surface area contributed by atoms with Crippen molar-refractivity contribution in [3.05, 3.63) is 77.4 Å². The minimum absolute atomic E-state index is 0.0794. The molecule has 35 heavy (non-hydrogen) atoms. The molecular weight excluding hydrogens is 490 g/mol. The van der Waals surface area contributed by atoms with Gasteiger partial charge in [0, 0.05) is 17.5 Å². The molecule has 2 aromatic carbocycles. The van der Waals surface area contributed by atoms with Gasteiger partial charge in [-0.1, -0.05) is 47.6 Å². The van der Waals surface area contributed by atoms with Crippen LogP contribution in [0, 0.1) is 0 Å². The number of amides is 2. The predicted octanol–water partition coefficient (Wildman–Crippen LogP) is 4.66. The summed E-state index contributed by atoms with van der Waals surface area (Å²) in [4.78, 5) is 49.6. The Morgan fingerprint density at radius 1 is 0.886 bits per heavy atom. The van der Waals surface area contributed by atoms with Gasteiger partial charge >= 0.3 is 11.9 Å². The maximum atomic E-state index is 12.5. The summed E-state index contributed by atoms with van der Waals surface area (Å²) in [6, 6.07) is 16.7. The molecule has 1 heterocycles. The van der Waals surface area contributed by atoms with Crippen LogP contribution in [0.2, 0.25) is 0 Å². The zero-order valence-corrected chi connectivity index (χ0v) is 20.6. The quantitative estimate of drug-likeness (QED) is 0.264. The number of ether oxygens (including phenoxy) is 2. The highest BCUT2D eigenvalue weighted by atomic mass is 32.2. The Labute approximate surface area is 210 Å². The zero-order chi connectivity index (χ0) is 25.2. The summed E-state index contributed by atoms with van der Waals surface area (Å²) in [5.74, 6) is -2.34. The van der Waals surface area contributed by atoms with Crippen LogP contribution >= 0.6 is 23.3 Å². The van der Waals surface area contributed by atoms with Gasteiger partial charge in [-0.3, -0.25) is 9.59 Å². The van der Waals surface area contributed by atoms with Gasteiger partial charge in [0.05, 0.1) is 22.7 Å². The van der Waals surface area contributed by atoms with Crippen molar-refractivity contribution in [3.63, 3.8) is 0 Å². The maximum Gasteiger partial charge on any atom is 0.341 e. The number of nitrogens with one attached hydrogen (secondary N) is 3. The fraction of sp³-hybridized carbons (Fsp3) is 0.167. The number of benzene rings is 2. The highest BCUT2D eigenvalue weighted by Gasteiger charge is 2.21. The normalized spacial score (nSPS) is 10.2. The molecule has 0 bridgehead atoms. The number of hydrogen-bond donors (Lipinski definition) is 3. The van der Waals surface area contributed by atoms with Gasteiger partial charge in [-0.2, -0.15) is 0 Å². The van der Waals surface area contributed by atoms with E-state index < -0.39 is 24.5 Å². The average molecular weight is 514 g/mol. The fourth-order valence-electron chi connectivity index (χ4n) is 2.88. The third-order valence-corrected chi connectivity index (χ3v) is 5.81. The molecule has 0 spiro atoms. The van der Waals surface area contributed by atoms with Crippen molar-refractivity contribution in [3.8, 4) is 0 Å². The van der Waals surface area contributed by atoms with Gasteiger partial charge in [-0.15, -0.1) is 0 Å². The number of esters is 2. The van der Waals surface area contributed by atoms with E-state index in [1.807, 2.05) is 6.26 Å². The molecule has 0 radical (unpaired) electrons. The summed E-state index contributed by atoms with van der Waals surface area (Å²) in [6.07, 6.45) is 1.85. The van der Waals surface area contributed by atoms with Gasteiger partial charge in [-0.25, -0.2) is 9.59 Å². The molecule has 2 amide bonds. The average Bonchev–Trinajstić information content (AvgIpc) is 3.25. The number of rotatable bonds is 10. The van der Waals surface area contributed by atoms with Crippen molar-refractivity contribution in [1.82, 2.24) is 0 Å². The van der Waals surface area contributed by atoms with Crippen LogP contribution in [0.15, 0.2) is 60.7 Å². The lowest BCUT2D eigenvalue weighted by atomic mass is 10.2. The first-order valence-electron chi connectivity index (χ1n) is 10.4. The smallest absolute Gasteiger partial charge is 0.341 e. The number of thiophene rings is 1. The SMILES string of the molecule is CCOC(=O)c1cc(NC(=O)c2ccccc2)sc1NC(=O)COC(=O)c1cccc(NSC)c1. The lowest BCUT2D eigenvalue weighted by Gasteiger charge is -2.08. The van der Waals surface area contributed by atoms with Crippen LogP contribution in [0.4, 0.5) is 15.7 Å². The van der Waals surface area contributed by atoms with E-state index in [0.29, 0.717) is 10.6 Å². The largest absolute Gasteiger partial charge is 0.462 e. The summed E-state index contributed by atoms with van der Waals surface area (Å²) in [5, 5.41) is 5.77. The number of carbonyl (C=O) groups is 4. The van der Waals surface area contributed by atoms with E-state index in [9.17, 15) is 19.2 Å². The molecule has 0 saturated carbocycles. The van der Waals surface area contributed by atoms with Crippen LogP contribution in [0.25, 0.3) is 0 Å². The third kappa shape index (κ3) is 7.33. The highest BCUT2D eigenvalue weighted by Crippen LogP contribution is 2.33. The molecule has 0 atom stereocenters. The number of anilines is 3. The van der Waals surface area contributed by atoms with Crippen molar-refractivity contribution < 1.29 is 28.7 Å². The monoisotopic (exact) mass is 513 g/mol. The summed E-state index contributed by atoms with van der Waals surface area (Å²) in [5.41, 5.74) is 1.52. The molecular formula is C24H23N3O6S2. The second-order valence-corrected chi connectivity index (χ2v) is 8.57. The minimum atomic E-state index is -0.669. The van der Waals surface area contributed by atoms with Crippen LogP contribution in [0.3, 0.4) is 0 Å². The van der Waals surface area contributed by atoms with Crippen molar-refractivity contribution in [2.75, 3.05) is 34.8 Å². The fourth-order valence-corrected chi connectivity index (χ4v) is 4.20. The molecule has 0 aliphatic rings. The van der Waals surface area contributed by atoms with Crippen molar-refractivity contribution in [2.24, 2.45) is 0 Å². The minimum Gasteiger partial charge on any atom is -0.462 e. The molecule has 0 aliphatic heterocycles. The first-order chi connectivity index (χ1) is 16.9. The van der Waals surface area contributed by atoms with Crippen molar-refractivity contribution >= 4 is 62.7 Å². The first-order valence-corrected chi connectivity index (χ1v) is 12.5. The topological polar surface area (TPSA) is 123 Å². The van der Waals surface area contributed by atoms with Gasteiger partial charge in [-0.05, 0) is 43.3 Å². The molecule has 0 saturated heterocycles. The first kappa shape index (κ1) is 25.8. The molecule has 1 aromatic heterocycles. The molecule has 3 rings (SSSR count). The van der Waals surface area contributed by atoms with Crippen LogP contribution in [-0.2, 0) is 14.3 Å². The van der Waals surface area contributed by atoms with Crippen molar-refractivity contribution in [1.29, 1.82) is 0 Å². The second kappa shape index (κ2) is 12.6. The molecule has 182 valence electrons. The zero-order valence-electron chi connectivity index (χ0n) is 19.0. The Morgan fingerprint density at radius 2 is 1.63 bits per heavy atom. The van der Waals surface area contributed by atoms with E-state index >= 15 is 0 Å². The molecule has 9 nitrogen and oxygen atoms in total. The lowest BCUT2D eigenvalue weighted by Crippen LogP contribution is -2.21. The maximum absolute atomic E-state index is 12.5. The Hall–Kier alpha value is -3.83. The Morgan fingerprint density at radius 3 is 2.34 bits per heavy atom. The Balaban J connectivity index is 1.67. The molecule has 0 fully saturated rings. The van der Waals surface area contributed by atoms with E-state index in [0.717, 1.165) is 17.0 Å². The highest BCUT2D eigenvalue weighted by molar-refractivity contribution is 7.99. The van der Waals surface area contributed by atoms with Gasteiger partial charge in [0.15, 0.2) is 6.61 Å². The third-order valence-electron chi connectivity index (χ3n) is 4.41. The van der Waals surface area contributed by atoms with Crippen LogP contribution in [0.1, 0.15) is 38.0 Å². The lowest BCUT2D eigenvalue weighted by molar-refractivity contribution is -0.119. The van der Waals surface area contributed by atoms with Gasteiger partial charge < -0.3 is 24.8 Å². The van der Waals surface area contributed by atoms with E-state index in [4.69, 9.17) is 9.47 Å². The van der Waals surface area contributed by atoms with Crippen LogP contribution < -0.4 is 15.4 Å². The molecule has 3 N–H and O–H groups in total. The van der Waals surface area contributed by atoms with Crippen LogP contribution in [0.5, 0.6) is 0 Å². The summed E-state index contributed by atoms with van der Waals surface area (Å²) < 4.78 is 13.2. The van der Waals surface area contributed by atoms with Gasteiger partial charge in [0.1, 0.15) is 5.00 Å². The molecule has 0 unspecified atom stereocenters. The molecule has 3 aromatic rings. The summed E-state index contributed by atoms with van der Waals surface area (Å²) >= 11 is 2.36. The Kier molecular flexibility index (Phi) is 9.27. The van der Waals surface area contributed by atoms with Gasteiger partial charge in [0.25, 0.3) is 11.8 Å². The second-order valence-electron chi connectivity index (χ2n) is 6.91. The molecule has 11 heteroatoms. The van der Waals surface area contributed by atoms with E-state index in [1.54, 1.807) is 61.5 Å². The molecule has 0 aliphatic carbocycles. The predicted molar refractivity (Wildman–Crippen MR) is 137 cm³/mol.